The van der Waals surface area contributed by atoms with Crippen LogP contribution < -0.4 is 10.1 Å². The molecule has 0 aliphatic carbocycles. The quantitative estimate of drug-likeness (QED) is 0.786. The number of ether oxygens (including phenoxy) is 2. The Morgan fingerprint density at radius 1 is 1.35 bits per heavy atom. The highest BCUT2D eigenvalue weighted by Crippen LogP contribution is 2.23. The van der Waals surface area contributed by atoms with E-state index >= 15 is 0 Å². The van der Waals surface area contributed by atoms with Gasteiger partial charge in [0.05, 0.1) is 20.3 Å². The Bertz CT molecular complexity index is 342. The van der Waals surface area contributed by atoms with Gasteiger partial charge in [-0.05, 0) is 18.2 Å². The average molecular weight is 302 g/mol. The maximum absolute atomic E-state index is 5.60. The maximum Gasteiger partial charge on any atom is 0.124 e. The number of halogens is 1. The third-order valence-electron chi connectivity index (χ3n) is 2.30. The first-order chi connectivity index (χ1) is 8.13. The molecule has 3 nitrogen and oxygen atoms in total. The van der Waals surface area contributed by atoms with E-state index in [1.807, 2.05) is 18.2 Å². The molecule has 0 unspecified atom stereocenters. The van der Waals surface area contributed by atoms with Crippen LogP contribution in [0.2, 0.25) is 0 Å². The summed E-state index contributed by atoms with van der Waals surface area (Å²) in [7, 11) is 1.67. The second kappa shape index (κ2) is 7.69. The summed E-state index contributed by atoms with van der Waals surface area (Å²) in [5, 5.41) is 3.31. The Morgan fingerprint density at radius 3 is 2.76 bits per heavy atom. The maximum atomic E-state index is 5.60. The van der Waals surface area contributed by atoms with Crippen molar-refractivity contribution in [2.45, 2.75) is 26.5 Å². The fourth-order valence-corrected chi connectivity index (χ4v) is 1.87. The number of nitrogens with one attached hydrogen (secondary N) is 1. The fraction of sp³-hybridized carbons (Fsp3) is 0.538. The highest BCUT2D eigenvalue weighted by atomic mass is 79.9. The molecule has 96 valence electrons. The molecule has 0 amide bonds. The lowest BCUT2D eigenvalue weighted by atomic mass is 10.2. The zero-order chi connectivity index (χ0) is 12.7. The van der Waals surface area contributed by atoms with Gasteiger partial charge in [-0.2, -0.15) is 0 Å². The van der Waals surface area contributed by atoms with E-state index in [2.05, 4.69) is 35.1 Å². The molecular weight excluding hydrogens is 282 g/mol. The van der Waals surface area contributed by atoms with Gasteiger partial charge < -0.3 is 14.8 Å². The third-order valence-corrected chi connectivity index (χ3v) is 2.79. The SMILES string of the molecule is COc1ccc(Br)cc1COCCNC(C)C. The van der Waals surface area contributed by atoms with Crippen molar-refractivity contribution < 1.29 is 9.47 Å². The van der Waals surface area contributed by atoms with E-state index in [1.54, 1.807) is 7.11 Å². The number of hydrogen-bond donors (Lipinski definition) is 1. The second-order valence-electron chi connectivity index (χ2n) is 4.12. The normalized spacial score (nSPS) is 10.9. The standard InChI is InChI=1S/C13H20BrNO2/c1-10(2)15-6-7-17-9-11-8-12(14)4-5-13(11)16-3/h4-5,8,10,15H,6-7,9H2,1-3H3. The summed E-state index contributed by atoms with van der Waals surface area (Å²) >= 11 is 3.44. The van der Waals surface area contributed by atoms with Crippen LogP contribution in [0.5, 0.6) is 5.75 Å². The Hall–Kier alpha value is -0.580. The molecule has 0 atom stereocenters. The molecule has 17 heavy (non-hydrogen) atoms. The molecule has 0 aliphatic heterocycles. The molecule has 0 heterocycles. The summed E-state index contributed by atoms with van der Waals surface area (Å²) in [6.45, 7) is 6.39. The summed E-state index contributed by atoms with van der Waals surface area (Å²) < 4.78 is 11.9. The van der Waals surface area contributed by atoms with E-state index in [0.717, 1.165) is 22.3 Å². The van der Waals surface area contributed by atoms with Crippen LogP contribution in [0.15, 0.2) is 22.7 Å². The molecule has 1 aromatic carbocycles. The fourth-order valence-electron chi connectivity index (χ4n) is 1.46. The van der Waals surface area contributed by atoms with E-state index in [4.69, 9.17) is 9.47 Å². The van der Waals surface area contributed by atoms with E-state index in [1.165, 1.54) is 0 Å². The van der Waals surface area contributed by atoms with Gasteiger partial charge in [0.2, 0.25) is 0 Å². The first-order valence-corrected chi connectivity index (χ1v) is 6.56. The van der Waals surface area contributed by atoms with Crippen LogP contribution in [0.25, 0.3) is 0 Å². The van der Waals surface area contributed by atoms with E-state index in [-0.39, 0.29) is 0 Å². The minimum Gasteiger partial charge on any atom is -0.496 e. The molecule has 0 saturated heterocycles. The predicted molar refractivity (Wildman–Crippen MR) is 73.5 cm³/mol. The molecule has 0 bridgehead atoms. The first-order valence-electron chi connectivity index (χ1n) is 5.77. The summed E-state index contributed by atoms with van der Waals surface area (Å²) in [6, 6.07) is 6.42. The first kappa shape index (κ1) is 14.5. The van der Waals surface area contributed by atoms with Crippen LogP contribution in [0.3, 0.4) is 0 Å². The lowest BCUT2D eigenvalue weighted by Crippen LogP contribution is -2.26. The zero-order valence-corrected chi connectivity index (χ0v) is 12.2. The molecule has 4 heteroatoms. The van der Waals surface area contributed by atoms with Crippen LogP contribution in [0.1, 0.15) is 19.4 Å². The molecule has 1 aromatic rings. The minimum atomic E-state index is 0.499. The molecule has 0 aliphatic rings. The topological polar surface area (TPSA) is 30.5 Å². The molecule has 0 radical (unpaired) electrons. The van der Waals surface area contributed by atoms with Crippen molar-refractivity contribution >= 4 is 15.9 Å². The van der Waals surface area contributed by atoms with Crippen LogP contribution in [-0.2, 0) is 11.3 Å². The van der Waals surface area contributed by atoms with Gasteiger partial charge >= 0.3 is 0 Å². The Morgan fingerprint density at radius 2 is 2.12 bits per heavy atom. The van der Waals surface area contributed by atoms with E-state index in [9.17, 15) is 0 Å². The molecule has 1 rings (SSSR count). The van der Waals surface area contributed by atoms with Gasteiger partial charge in [0, 0.05) is 22.6 Å². The highest BCUT2D eigenvalue weighted by molar-refractivity contribution is 9.10. The average Bonchev–Trinajstić information content (AvgIpc) is 2.28. The van der Waals surface area contributed by atoms with Gasteiger partial charge in [0.1, 0.15) is 5.75 Å². The Balaban J connectivity index is 2.37. The van der Waals surface area contributed by atoms with Crippen LogP contribution in [0.4, 0.5) is 0 Å². The van der Waals surface area contributed by atoms with Gasteiger partial charge in [0.15, 0.2) is 0 Å². The molecule has 0 spiro atoms. The van der Waals surface area contributed by atoms with Gasteiger partial charge in [-0.3, -0.25) is 0 Å². The smallest absolute Gasteiger partial charge is 0.124 e. The molecular formula is C13H20BrNO2. The molecule has 0 fully saturated rings. The monoisotopic (exact) mass is 301 g/mol. The number of hydrogen-bond acceptors (Lipinski definition) is 3. The van der Waals surface area contributed by atoms with Crippen molar-refractivity contribution in [3.8, 4) is 5.75 Å². The van der Waals surface area contributed by atoms with Crippen molar-refractivity contribution in [3.05, 3.63) is 28.2 Å². The minimum absolute atomic E-state index is 0.499. The zero-order valence-electron chi connectivity index (χ0n) is 10.6. The van der Waals surface area contributed by atoms with Gasteiger partial charge in [0.25, 0.3) is 0 Å². The van der Waals surface area contributed by atoms with Crippen molar-refractivity contribution in [1.29, 1.82) is 0 Å². The van der Waals surface area contributed by atoms with Crippen molar-refractivity contribution in [1.82, 2.24) is 5.32 Å². The number of benzene rings is 1. The van der Waals surface area contributed by atoms with Gasteiger partial charge in [-0.15, -0.1) is 0 Å². The summed E-state index contributed by atoms with van der Waals surface area (Å²) in [4.78, 5) is 0. The number of methoxy groups -OCH3 is 1. The van der Waals surface area contributed by atoms with Crippen molar-refractivity contribution in [3.63, 3.8) is 0 Å². The largest absolute Gasteiger partial charge is 0.496 e. The summed E-state index contributed by atoms with van der Waals surface area (Å²) in [5.41, 5.74) is 1.06. The van der Waals surface area contributed by atoms with Crippen LogP contribution in [0, 0.1) is 0 Å². The third kappa shape index (κ3) is 5.52. The lowest BCUT2D eigenvalue weighted by Gasteiger charge is -2.11. The van der Waals surface area contributed by atoms with Gasteiger partial charge in [-0.25, -0.2) is 0 Å². The molecule has 1 N–H and O–H groups in total. The predicted octanol–water partition coefficient (Wildman–Crippen LogP) is 2.97. The van der Waals surface area contributed by atoms with Gasteiger partial charge in [-0.1, -0.05) is 29.8 Å². The number of rotatable bonds is 7. The Kier molecular flexibility index (Phi) is 6.55. The van der Waals surface area contributed by atoms with Crippen LogP contribution in [-0.4, -0.2) is 26.3 Å². The second-order valence-corrected chi connectivity index (χ2v) is 5.03. The lowest BCUT2D eigenvalue weighted by molar-refractivity contribution is 0.119. The molecule has 0 aromatic heterocycles. The van der Waals surface area contributed by atoms with Crippen LogP contribution >= 0.6 is 15.9 Å². The van der Waals surface area contributed by atoms with Crippen molar-refractivity contribution in [2.75, 3.05) is 20.3 Å². The summed E-state index contributed by atoms with van der Waals surface area (Å²) in [5.74, 6) is 0.866. The van der Waals surface area contributed by atoms with Crippen molar-refractivity contribution in [2.24, 2.45) is 0 Å². The van der Waals surface area contributed by atoms with E-state index < -0.39 is 0 Å². The van der Waals surface area contributed by atoms with E-state index in [0.29, 0.717) is 19.3 Å². The highest BCUT2D eigenvalue weighted by Gasteiger charge is 2.03. The summed E-state index contributed by atoms with van der Waals surface area (Å²) in [6.07, 6.45) is 0. The molecule has 0 saturated carbocycles. The Labute approximate surface area is 112 Å².